The quantitative estimate of drug-likeness (QED) is 0.786. The van der Waals surface area contributed by atoms with Gasteiger partial charge in [-0.2, -0.15) is 5.10 Å². The van der Waals surface area contributed by atoms with Gasteiger partial charge in [0.1, 0.15) is 25.0 Å². The lowest BCUT2D eigenvalue weighted by Crippen LogP contribution is -2.45. The summed E-state index contributed by atoms with van der Waals surface area (Å²) in [7, 11) is 0. The lowest BCUT2D eigenvalue weighted by Gasteiger charge is -2.28. The first-order valence-corrected chi connectivity index (χ1v) is 9.79. The highest BCUT2D eigenvalue weighted by Gasteiger charge is 2.36. The number of hydrogen-bond acceptors (Lipinski definition) is 6. The van der Waals surface area contributed by atoms with E-state index >= 15 is 0 Å². The first-order valence-electron chi connectivity index (χ1n) is 9.79. The van der Waals surface area contributed by atoms with Crippen LogP contribution in [0.5, 0.6) is 11.5 Å². The van der Waals surface area contributed by atoms with Crippen molar-refractivity contribution in [3.63, 3.8) is 0 Å². The van der Waals surface area contributed by atoms with E-state index in [4.69, 9.17) is 15.2 Å². The highest BCUT2D eigenvalue weighted by atomic mass is 16.6. The average Bonchev–Trinajstić information content (AvgIpc) is 3.20. The number of rotatable bonds is 5. The summed E-state index contributed by atoms with van der Waals surface area (Å²) in [5.41, 5.74) is 6.69. The lowest BCUT2D eigenvalue weighted by atomic mass is 9.93. The first kappa shape index (κ1) is 19.8. The predicted octanol–water partition coefficient (Wildman–Crippen LogP) is 1.93. The van der Waals surface area contributed by atoms with Gasteiger partial charge in [-0.1, -0.05) is 24.3 Å². The smallest absolute Gasteiger partial charge is 0.268 e. The van der Waals surface area contributed by atoms with Gasteiger partial charge in [0.05, 0.1) is 11.2 Å². The molecule has 4 rings (SSSR count). The maximum atomic E-state index is 13.0. The Bertz CT molecular complexity index is 1000. The maximum absolute atomic E-state index is 13.0. The molecule has 2 heterocycles. The Morgan fingerprint density at radius 1 is 1.10 bits per heavy atom. The minimum atomic E-state index is -0.703. The zero-order chi connectivity index (χ0) is 21.3. The second-order valence-electron chi connectivity index (χ2n) is 7.79. The molecule has 0 fully saturated rings. The van der Waals surface area contributed by atoms with Crippen LogP contribution in [0.2, 0.25) is 0 Å². The zero-order valence-corrected chi connectivity index (χ0v) is 16.9. The molecule has 156 valence electrons. The molecule has 0 radical (unpaired) electrons. The first-order chi connectivity index (χ1) is 14.3. The van der Waals surface area contributed by atoms with Crippen LogP contribution >= 0.6 is 0 Å². The fourth-order valence-corrected chi connectivity index (χ4v) is 3.55. The molecule has 2 aromatic carbocycles. The number of nitrogens with one attached hydrogen (secondary N) is 1. The van der Waals surface area contributed by atoms with Crippen molar-refractivity contribution in [2.75, 3.05) is 18.2 Å². The number of fused-ring (bicyclic) bond motifs is 1. The number of carbonyl (C=O) groups excluding carboxylic acids is 2. The van der Waals surface area contributed by atoms with Crippen molar-refractivity contribution in [2.24, 2.45) is 10.8 Å². The molecule has 2 aliphatic rings. The number of nitrogens with zero attached hydrogens (tertiary/aromatic N) is 2. The number of primary amides is 1. The van der Waals surface area contributed by atoms with Crippen LogP contribution in [0.15, 0.2) is 53.6 Å². The molecule has 0 spiro atoms. The third-order valence-electron chi connectivity index (χ3n) is 5.21. The van der Waals surface area contributed by atoms with E-state index in [2.05, 4.69) is 10.4 Å². The van der Waals surface area contributed by atoms with Gasteiger partial charge >= 0.3 is 0 Å². The van der Waals surface area contributed by atoms with Gasteiger partial charge in [-0.3, -0.25) is 14.6 Å². The van der Waals surface area contributed by atoms with Crippen LogP contribution in [0.3, 0.4) is 0 Å². The van der Waals surface area contributed by atoms with E-state index in [1.54, 1.807) is 0 Å². The number of para-hydroxylation sites is 1. The molecule has 0 saturated heterocycles. The number of carbonyl (C=O) groups is 2. The summed E-state index contributed by atoms with van der Waals surface area (Å²) >= 11 is 0. The van der Waals surface area contributed by atoms with Gasteiger partial charge in [-0.25, -0.2) is 0 Å². The Morgan fingerprint density at radius 2 is 1.80 bits per heavy atom. The van der Waals surface area contributed by atoms with Crippen LogP contribution in [0.4, 0.5) is 5.69 Å². The van der Waals surface area contributed by atoms with Gasteiger partial charge in [0.2, 0.25) is 5.91 Å². The van der Waals surface area contributed by atoms with Crippen molar-refractivity contribution in [2.45, 2.75) is 31.8 Å². The van der Waals surface area contributed by atoms with Crippen molar-refractivity contribution >= 4 is 23.2 Å². The van der Waals surface area contributed by atoms with Crippen LogP contribution in [0.25, 0.3) is 0 Å². The molecule has 3 N–H and O–H groups in total. The molecule has 8 nitrogen and oxygen atoms in total. The summed E-state index contributed by atoms with van der Waals surface area (Å²) < 4.78 is 11.2. The molecule has 0 saturated carbocycles. The minimum Gasteiger partial charge on any atom is -0.486 e. The van der Waals surface area contributed by atoms with Gasteiger partial charge in [0.15, 0.2) is 11.5 Å². The number of benzene rings is 2. The summed E-state index contributed by atoms with van der Waals surface area (Å²) in [4.78, 5) is 24.9. The third kappa shape index (κ3) is 3.80. The molecular weight excluding hydrogens is 384 g/mol. The van der Waals surface area contributed by atoms with Gasteiger partial charge in [-0.05, 0) is 43.7 Å². The van der Waals surface area contributed by atoms with Crippen LogP contribution in [0.1, 0.15) is 25.8 Å². The van der Waals surface area contributed by atoms with Crippen LogP contribution < -0.4 is 25.5 Å². The fourth-order valence-electron chi connectivity index (χ4n) is 3.55. The molecule has 30 heavy (non-hydrogen) atoms. The Balaban J connectivity index is 1.54. The van der Waals surface area contributed by atoms with E-state index in [1.807, 2.05) is 62.4 Å². The molecule has 0 bridgehead atoms. The summed E-state index contributed by atoms with van der Waals surface area (Å²) in [6.07, 6.45) is 0.146. The van der Waals surface area contributed by atoms with Gasteiger partial charge in [-0.15, -0.1) is 0 Å². The summed E-state index contributed by atoms with van der Waals surface area (Å²) in [5.74, 6) is 0.467. The zero-order valence-electron chi connectivity index (χ0n) is 16.9. The Morgan fingerprint density at radius 3 is 2.50 bits per heavy atom. The summed E-state index contributed by atoms with van der Waals surface area (Å²) in [6.45, 7) is 4.80. The molecule has 0 aliphatic carbocycles. The summed E-state index contributed by atoms with van der Waals surface area (Å²) in [5, 5.41) is 8.92. The largest absolute Gasteiger partial charge is 0.486 e. The molecule has 2 aliphatic heterocycles. The summed E-state index contributed by atoms with van der Waals surface area (Å²) in [6, 6.07) is 14.1. The van der Waals surface area contributed by atoms with Crippen LogP contribution in [-0.2, 0) is 15.1 Å². The highest BCUT2D eigenvalue weighted by Crippen LogP contribution is 2.34. The molecule has 0 aromatic heterocycles. The Labute approximate surface area is 174 Å². The average molecular weight is 408 g/mol. The molecule has 2 amide bonds. The number of ether oxygens (including phenoxy) is 2. The van der Waals surface area contributed by atoms with Crippen LogP contribution in [-0.4, -0.2) is 36.8 Å². The standard InChI is InChI=1S/C22H24N4O4/c1-22(2,14-8-9-18-19(12-14)30-11-10-29-18)24-21(28)16-13-17(20(23)27)26(25-16)15-6-4-3-5-7-15/h3-9,12,17H,10-11,13H2,1-2H3,(H2,23,27)(H,24,28). The van der Waals surface area contributed by atoms with Gasteiger partial charge in [0, 0.05) is 6.42 Å². The van der Waals surface area contributed by atoms with Crippen LogP contribution in [0, 0.1) is 0 Å². The van der Waals surface area contributed by atoms with E-state index < -0.39 is 17.5 Å². The van der Waals surface area contributed by atoms with E-state index in [9.17, 15) is 9.59 Å². The number of hydrazone groups is 1. The fraction of sp³-hybridized carbons (Fsp3) is 0.318. The van der Waals surface area contributed by atoms with Gasteiger partial charge in [0.25, 0.3) is 5.91 Å². The molecule has 2 aromatic rings. The van der Waals surface area contributed by atoms with E-state index in [-0.39, 0.29) is 18.0 Å². The Kier molecular flexibility index (Phi) is 5.07. The lowest BCUT2D eigenvalue weighted by molar-refractivity contribution is -0.119. The Hall–Kier alpha value is -3.55. The normalized spacial score (nSPS) is 18.0. The molecular formula is C22H24N4O4. The van der Waals surface area contributed by atoms with Crippen molar-refractivity contribution in [1.29, 1.82) is 0 Å². The highest BCUT2D eigenvalue weighted by molar-refractivity contribution is 6.40. The van der Waals surface area contributed by atoms with Crippen molar-refractivity contribution in [1.82, 2.24) is 5.32 Å². The maximum Gasteiger partial charge on any atom is 0.268 e. The van der Waals surface area contributed by atoms with E-state index in [0.29, 0.717) is 30.4 Å². The topological polar surface area (TPSA) is 106 Å². The SMILES string of the molecule is CC(C)(NC(=O)C1=NN(c2ccccc2)C(C(N)=O)C1)c1ccc2c(c1)OCCO2. The van der Waals surface area contributed by atoms with Crippen molar-refractivity contribution < 1.29 is 19.1 Å². The number of amides is 2. The second kappa shape index (κ2) is 7.70. The van der Waals surface area contributed by atoms with E-state index in [0.717, 1.165) is 5.56 Å². The minimum absolute atomic E-state index is 0.146. The predicted molar refractivity (Wildman–Crippen MR) is 113 cm³/mol. The second-order valence-corrected chi connectivity index (χ2v) is 7.79. The number of anilines is 1. The number of nitrogens with two attached hydrogens (primary N) is 1. The van der Waals surface area contributed by atoms with Crippen molar-refractivity contribution in [3.8, 4) is 11.5 Å². The molecule has 1 unspecified atom stereocenters. The van der Waals surface area contributed by atoms with E-state index in [1.165, 1.54) is 5.01 Å². The molecule has 8 heteroatoms. The third-order valence-corrected chi connectivity index (χ3v) is 5.21. The van der Waals surface area contributed by atoms with Gasteiger partial charge < -0.3 is 20.5 Å². The van der Waals surface area contributed by atoms with Crippen molar-refractivity contribution in [3.05, 3.63) is 54.1 Å². The molecule has 1 atom stereocenters. The monoisotopic (exact) mass is 408 g/mol. The number of hydrogen-bond donors (Lipinski definition) is 2.